The van der Waals surface area contributed by atoms with Gasteiger partial charge in [-0.15, -0.1) is 11.3 Å². The molecule has 11 aromatic rings. The lowest BCUT2D eigenvalue weighted by Crippen LogP contribution is -1.95. The molecule has 0 unspecified atom stereocenters. The van der Waals surface area contributed by atoms with E-state index in [1.54, 1.807) is 11.3 Å². The monoisotopic (exact) mass is 685 g/mol. The molecule has 238 valence electrons. The highest BCUT2D eigenvalue weighted by molar-refractivity contribution is 7.26. The minimum absolute atomic E-state index is 0.121. The van der Waals surface area contributed by atoms with Gasteiger partial charge in [0.1, 0.15) is 0 Å². The predicted molar refractivity (Wildman–Crippen MR) is 219 cm³/mol. The summed E-state index contributed by atoms with van der Waals surface area (Å²) in [6.07, 6.45) is 0. The summed E-state index contributed by atoms with van der Waals surface area (Å²) in [5, 5.41) is 0.393. The molecule has 0 bridgehead atoms. The lowest BCUT2D eigenvalue weighted by molar-refractivity contribution is 1.18. The first kappa shape index (κ1) is 15.6. The lowest BCUT2D eigenvalue weighted by atomic mass is 10.0. The molecule has 0 aliphatic carbocycles. The van der Waals surface area contributed by atoms with Crippen molar-refractivity contribution in [3.05, 3.63) is 182 Å². The van der Waals surface area contributed by atoms with Gasteiger partial charge in [-0.05, 0) is 83.2 Å². The van der Waals surface area contributed by atoms with E-state index in [0.29, 0.717) is 5.69 Å². The molecule has 3 heterocycles. The van der Waals surface area contributed by atoms with E-state index < -0.39 is 153 Å². The number of fused-ring (bicyclic) bond motifs is 9. The van der Waals surface area contributed by atoms with E-state index in [1.807, 2.05) is 66.7 Å². The minimum atomic E-state index is -0.849. The molecule has 0 saturated carbocycles. The van der Waals surface area contributed by atoms with Gasteiger partial charge in [-0.2, -0.15) is 0 Å². The van der Waals surface area contributed by atoms with Crippen LogP contribution in [0, 0.1) is 0 Å². The van der Waals surface area contributed by atoms with Gasteiger partial charge in [0, 0.05) is 58.7 Å². The van der Waals surface area contributed by atoms with E-state index in [2.05, 4.69) is 0 Å². The SMILES string of the molecule is [2H]c1c([2H])c([2H])c(-n2c3c([2H])c([2H])c([2H])c([2H])c3c3c([2H])c(-c4c([2H])c([2H])c5c(c4[2H])c4c([2H])c([2H])c([2H])c([2H])c4n5-c4cc(-c5ccccc5)c5sc6ccccc6c5c4)c([2H])c([2H])c32)c([2H])c1[2H]. The van der Waals surface area contributed by atoms with Gasteiger partial charge < -0.3 is 9.13 Å². The van der Waals surface area contributed by atoms with E-state index in [-0.39, 0.29) is 21.8 Å². The normalized spacial score (nSPS) is 17.1. The van der Waals surface area contributed by atoms with Crippen molar-refractivity contribution in [3.8, 4) is 33.6 Å². The van der Waals surface area contributed by atoms with Crippen LogP contribution in [0.25, 0.3) is 97.4 Å². The molecule has 0 spiro atoms. The average molecular weight is 686 g/mol. The smallest absolute Gasteiger partial charge is 0.0645 e. The Labute approximate surface area is 325 Å². The lowest BCUT2D eigenvalue weighted by Gasteiger charge is -2.13. The maximum Gasteiger partial charge on any atom is 0.0645 e. The highest BCUT2D eigenvalue weighted by Gasteiger charge is 2.19. The molecule has 3 aromatic heterocycles. The van der Waals surface area contributed by atoms with Crippen LogP contribution < -0.4 is 0 Å². The second-order valence-corrected chi connectivity index (χ2v) is 12.9. The van der Waals surface area contributed by atoms with Crippen LogP contribution in [0.1, 0.15) is 26.0 Å². The summed E-state index contributed by atoms with van der Waals surface area (Å²) in [6, 6.07) is 7.06. The van der Waals surface area contributed by atoms with Crippen LogP contribution in [-0.2, 0) is 0 Å². The number of nitrogens with zero attached hydrogens (tertiary/aromatic N) is 2. The molecule has 0 N–H and O–H groups in total. The van der Waals surface area contributed by atoms with Crippen molar-refractivity contribution < 1.29 is 26.0 Å². The van der Waals surface area contributed by atoms with Crippen molar-refractivity contribution >= 4 is 75.1 Å². The number of aromatic nitrogens is 2. The number of para-hydroxylation sites is 3. The second-order valence-electron chi connectivity index (χ2n) is 11.9. The highest BCUT2D eigenvalue weighted by atomic mass is 32.1. The summed E-state index contributed by atoms with van der Waals surface area (Å²) in [4.78, 5) is 0. The predicted octanol–water partition coefficient (Wildman–Crippen LogP) is 13.6. The van der Waals surface area contributed by atoms with E-state index in [0.717, 1.165) is 35.9 Å². The van der Waals surface area contributed by atoms with Gasteiger partial charge in [0.2, 0.25) is 0 Å². The van der Waals surface area contributed by atoms with Crippen LogP contribution >= 0.6 is 11.3 Å². The van der Waals surface area contributed by atoms with Crippen molar-refractivity contribution in [2.45, 2.75) is 0 Å². The first-order valence-corrected chi connectivity index (χ1v) is 16.7. The Morgan fingerprint density at radius 1 is 0.412 bits per heavy atom. The number of rotatable bonds is 4. The van der Waals surface area contributed by atoms with Gasteiger partial charge in [0.05, 0.1) is 48.1 Å². The van der Waals surface area contributed by atoms with E-state index >= 15 is 0 Å². The zero-order valence-electron chi connectivity index (χ0n) is 45.2. The Bertz CT molecular complexity index is 4200. The highest BCUT2D eigenvalue weighted by Crippen LogP contribution is 2.44. The van der Waals surface area contributed by atoms with Crippen molar-refractivity contribution in [3.63, 3.8) is 0 Å². The number of benzene rings is 8. The molecule has 0 amide bonds. The molecule has 2 nitrogen and oxygen atoms in total. The summed E-state index contributed by atoms with van der Waals surface area (Å²) in [7, 11) is 0. The van der Waals surface area contributed by atoms with Crippen LogP contribution in [0.4, 0.5) is 0 Å². The fraction of sp³-hybridized carbons (Fsp3) is 0. The van der Waals surface area contributed by atoms with Crippen LogP contribution in [0.15, 0.2) is 182 Å². The molecular formula is C48H30N2S. The Balaban J connectivity index is 1.32. The summed E-state index contributed by atoms with van der Waals surface area (Å²) in [5.74, 6) is 0. The Hall–Kier alpha value is -6.42. The largest absolute Gasteiger partial charge is 0.309 e. The summed E-state index contributed by atoms with van der Waals surface area (Å²) in [5.41, 5.74) is -1.12. The van der Waals surface area contributed by atoms with Crippen LogP contribution in [0.3, 0.4) is 0 Å². The third-order valence-electron chi connectivity index (χ3n) is 9.08. The van der Waals surface area contributed by atoms with Crippen molar-refractivity contribution in [2.75, 3.05) is 0 Å². The quantitative estimate of drug-likeness (QED) is 0.174. The van der Waals surface area contributed by atoms with Crippen LogP contribution in [-0.4, -0.2) is 9.13 Å². The molecular weight excluding hydrogens is 637 g/mol. The van der Waals surface area contributed by atoms with E-state index in [1.165, 1.54) is 4.57 Å². The molecule has 8 aromatic carbocycles. The third-order valence-corrected chi connectivity index (χ3v) is 10.3. The fourth-order valence-corrected chi connectivity index (χ4v) is 8.11. The van der Waals surface area contributed by atoms with E-state index in [9.17, 15) is 11.0 Å². The topological polar surface area (TPSA) is 9.86 Å². The summed E-state index contributed by atoms with van der Waals surface area (Å²) < 4.78 is 177. The molecule has 0 radical (unpaired) electrons. The van der Waals surface area contributed by atoms with Crippen molar-refractivity contribution in [1.29, 1.82) is 0 Å². The number of thiophene rings is 1. The van der Waals surface area contributed by atoms with Gasteiger partial charge in [0.15, 0.2) is 0 Å². The van der Waals surface area contributed by atoms with Gasteiger partial charge >= 0.3 is 0 Å². The van der Waals surface area contributed by atoms with Gasteiger partial charge in [-0.25, -0.2) is 0 Å². The third kappa shape index (κ3) is 4.29. The van der Waals surface area contributed by atoms with E-state index in [4.69, 9.17) is 15.1 Å². The maximum absolute atomic E-state index is 9.96. The molecule has 11 rings (SSSR count). The van der Waals surface area contributed by atoms with Gasteiger partial charge in [-0.1, -0.05) is 115 Å². The maximum atomic E-state index is 9.96. The second kappa shape index (κ2) is 11.0. The van der Waals surface area contributed by atoms with Gasteiger partial charge in [0.25, 0.3) is 0 Å². The van der Waals surface area contributed by atoms with Gasteiger partial charge in [-0.3, -0.25) is 0 Å². The number of hydrogen-bond donors (Lipinski definition) is 0. The van der Waals surface area contributed by atoms with Crippen molar-refractivity contribution in [2.24, 2.45) is 0 Å². The fourth-order valence-electron chi connectivity index (χ4n) is 6.89. The Morgan fingerprint density at radius 2 is 0.980 bits per heavy atom. The van der Waals surface area contributed by atoms with Crippen molar-refractivity contribution in [1.82, 2.24) is 9.13 Å². The first-order chi connectivity index (χ1) is 33.2. The minimum Gasteiger partial charge on any atom is -0.309 e. The van der Waals surface area contributed by atoms with Crippen LogP contribution in [0.5, 0.6) is 0 Å². The molecule has 0 fully saturated rings. The molecule has 0 aliphatic heterocycles. The number of hydrogen-bond acceptors (Lipinski definition) is 1. The zero-order valence-corrected chi connectivity index (χ0v) is 27.0. The standard InChI is InChI=1S/C48H30N2S/c1-3-13-31(14-4-1)39-29-35(30-42-38-19-9-12-22-47(38)51-48(39)42)50-44-21-11-8-18-37(44)41-28-33(24-26-46(41)50)32-23-25-45-40(27-32)36-17-7-10-20-43(36)49(45)34-15-5-2-6-16-34/h1-30H/i2D,5D,6D,7D,8D,10D,11D,15D,16D,17D,18D,20D,21D,23D,24D,25D,26D,27D,28D. The van der Waals surface area contributed by atoms with Crippen LogP contribution in [0.2, 0.25) is 0 Å². The summed E-state index contributed by atoms with van der Waals surface area (Å²) >= 11 is 1.56. The molecule has 0 aliphatic rings. The Morgan fingerprint density at radius 3 is 1.67 bits per heavy atom. The molecule has 3 heteroatoms. The average Bonchev–Trinajstić information content (AvgIpc) is 4.04. The molecule has 0 atom stereocenters. The molecule has 51 heavy (non-hydrogen) atoms. The molecule has 0 saturated heterocycles. The zero-order chi connectivity index (χ0) is 50.0. The summed E-state index contributed by atoms with van der Waals surface area (Å²) in [6.45, 7) is 0. The Kier molecular flexibility index (Phi) is 3.39. The first-order valence-electron chi connectivity index (χ1n) is 25.4.